The lowest BCUT2D eigenvalue weighted by Gasteiger charge is -2.33. The van der Waals surface area contributed by atoms with Crippen LogP contribution in [0.3, 0.4) is 0 Å². The van der Waals surface area contributed by atoms with Gasteiger partial charge in [0.25, 0.3) is 0 Å². The lowest BCUT2D eigenvalue weighted by molar-refractivity contribution is 0.168. The summed E-state index contributed by atoms with van der Waals surface area (Å²) in [4.78, 5) is 25.5. The van der Waals surface area contributed by atoms with E-state index in [1.54, 1.807) is 0 Å². The fraction of sp³-hybridized carbons (Fsp3) is 0.625. The van der Waals surface area contributed by atoms with Crippen LogP contribution in [0.4, 0.5) is 9.59 Å². The predicted octanol–water partition coefficient (Wildman–Crippen LogP) is 0.635. The molecule has 1 rings (SSSR count). The van der Waals surface area contributed by atoms with Gasteiger partial charge in [0.1, 0.15) is 0 Å². The van der Waals surface area contributed by atoms with Gasteiger partial charge < -0.3 is 9.64 Å². The van der Waals surface area contributed by atoms with Crippen LogP contribution in [0.1, 0.15) is 0 Å². The molecule has 0 bridgehead atoms. The topological polar surface area (TPSA) is 76.9 Å². The van der Waals surface area contributed by atoms with Crippen LogP contribution in [0.15, 0.2) is 0 Å². The second kappa shape index (κ2) is 5.06. The van der Waals surface area contributed by atoms with E-state index < -0.39 is 18.1 Å². The summed E-state index contributed by atoms with van der Waals surface area (Å²) in [7, 11) is 4.26. The molecule has 0 unspecified atom stereocenters. The largest absolute Gasteiger partial charge is 0.468 e. The number of nitrogens with zero attached hydrogens (tertiary/aromatic N) is 3. The molecular weight excluding hydrogens is 232 g/mol. The zero-order chi connectivity index (χ0) is 12.3. The Morgan fingerprint density at radius 3 is 2.31 bits per heavy atom. The van der Waals surface area contributed by atoms with Gasteiger partial charge in [-0.1, -0.05) is 0 Å². The SMILES string of the molecule is COC(=N)N(C(=O)N(C)C)C(=O)N1CCS1. The molecule has 0 aliphatic carbocycles. The number of carbonyl (C=O) groups excluding carboxylic acids is 2. The molecule has 1 heterocycles. The van der Waals surface area contributed by atoms with Crippen molar-refractivity contribution in [3.8, 4) is 0 Å². The molecule has 0 spiro atoms. The van der Waals surface area contributed by atoms with E-state index in [9.17, 15) is 9.59 Å². The summed E-state index contributed by atoms with van der Waals surface area (Å²) in [6, 6.07) is -1.61. The van der Waals surface area contributed by atoms with E-state index in [2.05, 4.69) is 4.74 Å². The number of carbonyl (C=O) groups is 2. The van der Waals surface area contributed by atoms with Gasteiger partial charge in [-0.05, 0) is 11.9 Å². The smallest absolute Gasteiger partial charge is 0.346 e. The van der Waals surface area contributed by atoms with Crippen molar-refractivity contribution in [3.63, 3.8) is 0 Å². The number of amides is 4. The fourth-order valence-corrected chi connectivity index (χ4v) is 1.55. The molecule has 0 atom stereocenters. The minimum Gasteiger partial charge on any atom is -0.468 e. The molecule has 0 aromatic rings. The van der Waals surface area contributed by atoms with Gasteiger partial charge in [-0.3, -0.25) is 9.71 Å². The minimum atomic E-state index is -0.593. The summed E-state index contributed by atoms with van der Waals surface area (Å²) < 4.78 is 6.04. The maximum absolute atomic E-state index is 11.8. The molecule has 0 aromatic carbocycles. The third-order valence-electron chi connectivity index (χ3n) is 1.92. The molecule has 0 saturated carbocycles. The molecule has 1 fully saturated rings. The number of imide groups is 1. The first-order valence-corrected chi connectivity index (χ1v) is 5.51. The Morgan fingerprint density at radius 1 is 1.44 bits per heavy atom. The summed E-state index contributed by atoms with van der Waals surface area (Å²) >= 11 is 1.32. The number of urea groups is 2. The van der Waals surface area contributed by atoms with Crippen LogP contribution in [-0.2, 0) is 4.74 Å². The maximum Gasteiger partial charge on any atom is 0.346 e. The number of ether oxygens (including phenoxy) is 1. The third kappa shape index (κ3) is 2.38. The van der Waals surface area contributed by atoms with E-state index in [1.807, 2.05) is 0 Å². The highest BCUT2D eigenvalue weighted by atomic mass is 32.2. The highest BCUT2D eigenvalue weighted by Gasteiger charge is 2.35. The Labute approximate surface area is 97.9 Å². The molecule has 90 valence electrons. The number of amidine groups is 1. The van der Waals surface area contributed by atoms with Crippen LogP contribution in [-0.4, -0.2) is 65.7 Å². The summed E-state index contributed by atoms with van der Waals surface area (Å²) in [6.45, 7) is 0.581. The first-order chi connectivity index (χ1) is 7.49. The first-order valence-electron chi connectivity index (χ1n) is 4.57. The van der Waals surface area contributed by atoms with E-state index in [-0.39, 0.29) is 0 Å². The molecular formula is C8H14N4O3S. The number of nitrogens with one attached hydrogen (secondary N) is 1. The van der Waals surface area contributed by atoms with Crippen molar-refractivity contribution in [1.82, 2.24) is 14.1 Å². The van der Waals surface area contributed by atoms with Gasteiger partial charge in [-0.2, -0.15) is 4.90 Å². The minimum absolute atomic E-state index is 0.476. The van der Waals surface area contributed by atoms with Gasteiger partial charge in [-0.15, -0.1) is 0 Å². The molecule has 1 aliphatic rings. The van der Waals surface area contributed by atoms with Crippen molar-refractivity contribution in [2.75, 3.05) is 33.5 Å². The van der Waals surface area contributed by atoms with Crippen molar-refractivity contribution in [2.24, 2.45) is 0 Å². The Kier molecular flexibility index (Phi) is 3.99. The molecule has 1 N–H and O–H groups in total. The van der Waals surface area contributed by atoms with E-state index in [4.69, 9.17) is 5.41 Å². The normalized spacial score (nSPS) is 13.8. The van der Waals surface area contributed by atoms with E-state index in [0.717, 1.165) is 5.75 Å². The van der Waals surface area contributed by atoms with Crippen LogP contribution in [0.25, 0.3) is 0 Å². The highest BCUT2D eigenvalue weighted by Crippen LogP contribution is 2.22. The van der Waals surface area contributed by atoms with Crippen molar-refractivity contribution >= 4 is 30.0 Å². The predicted molar refractivity (Wildman–Crippen MR) is 60.2 cm³/mol. The van der Waals surface area contributed by atoms with E-state index in [1.165, 1.54) is 42.4 Å². The Hall–Kier alpha value is -1.44. The Balaban J connectivity index is 2.81. The summed E-state index contributed by atoms with van der Waals surface area (Å²) in [5.41, 5.74) is 0. The van der Waals surface area contributed by atoms with Gasteiger partial charge in [0.05, 0.1) is 7.11 Å². The van der Waals surface area contributed by atoms with Crippen LogP contribution in [0, 0.1) is 5.41 Å². The molecule has 0 aromatic heterocycles. The summed E-state index contributed by atoms with van der Waals surface area (Å²) in [5.74, 6) is 0.843. The highest BCUT2D eigenvalue weighted by molar-refractivity contribution is 7.98. The second-order valence-corrected chi connectivity index (χ2v) is 4.35. The number of hydrogen-bond donors (Lipinski definition) is 1. The van der Waals surface area contributed by atoms with Crippen LogP contribution in [0.5, 0.6) is 0 Å². The van der Waals surface area contributed by atoms with E-state index >= 15 is 0 Å². The molecule has 0 radical (unpaired) electrons. The molecule has 1 aliphatic heterocycles. The maximum atomic E-state index is 11.8. The monoisotopic (exact) mass is 246 g/mol. The zero-order valence-electron chi connectivity index (χ0n) is 9.39. The fourth-order valence-electron chi connectivity index (χ4n) is 0.992. The van der Waals surface area contributed by atoms with Gasteiger partial charge >= 0.3 is 18.1 Å². The Bertz CT molecular complexity index is 316. The zero-order valence-corrected chi connectivity index (χ0v) is 10.2. The van der Waals surface area contributed by atoms with Gasteiger partial charge in [0.2, 0.25) is 0 Å². The standard InChI is InChI=1S/C8H14N4O3S/c1-10(2)7(13)12(6(9)15-3)8(14)11-4-5-16-11/h9H,4-5H2,1-3H3. The second-order valence-electron chi connectivity index (χ2n) is 3.24. The molecule has 7 nitrogen and oxygen atoms in total. The van der Waals surface area contributed by atoms with E-state index in [0.29, 0.717) is 11.4 Å². The van der Waals surface area contributed by atoms with Gasteiger partial charge in [-0.25, -0.2) is 9.59 Å². The third-order valence-corrected chi connectivity index (χ3v) is 2.93. The number of hydrogen-bond acceptors (Lipinski definition) is 5. The summed E-state index contributed by atoms with van der Waals surface area (Å²) in [6.07, 6.45) is 0. The van der Waals surface area contributed by atoms with Crippen LogP contribution >= 0.6 is 11.9 Å². The van der Waals surface area contributed by atoms with Gasteiger partial charge in [0.15, 0.2) is 0 Å². The quantitative estimate of drug-likeness (QED) is 0.386. The average Bonchev–Trinajstić information content (AvgIpc) is 2.14. The van der Waals surface area contributed by atoms with Crippen molar-refractivity contribution in [1.29, 1.82) is 5.41 Å². The molecule has 1 saturated heterocycles. The summed E-state index contributed by atoms with van der Waals surface area (Å²) in [5, 5.41) is 7.44. The number of rotatable bonds is 0. The Morgan fingerprint density at radius 2 is 2.00 bits per heavy atom. The van der Waals surface area contributed by atoms with Crippen molar-refractivity contribution < 1.29 is 14.3 Å². The van der Waals surface area contributed by atoms with Crippen molar-refractivity contribution in [3.05, 3.63) is 0 Å². The molecule has 4 amide bonds. The van der Waals surface area contributed by atoms with Crippen molar-refractivity contribution in [2.45, 2.75) is 0 Å². The molecule has 16 heavy (non-hydrogen) atoms. The lowest BCUT2D eigenvalue weighted by Crippen LogP contribution is -2.53. The first kappa shape index (κ1) is 12.6. The lowest BCUT2D eigenvalue weighted by atomic mass is 10.6. The van der Waals surface area contributed by atoms with Crippen LogP contribution in [0.2, 0.25) is 0 Å². The van der Waals surface area contributed by atoms with Crippen LogP contribution < -0.4 is 0 Å². The van der Waals surface area contributed by atoms with Gasteiger partial charge in [0, 0.05) is 26.4 Å². The average molecular weight is 246 g/mol. The number of methoxy groups -OCH3 is 1. The molecule has 8 heteroatoms.